The first-order chi connectivity index (χ1) is 4.30. The maximum Gasteiger partial charge on any atom is 0.0597 e. The average Bonchev–Trinajstić information content (AvgIpc) is 2.23. The summed E-state index contributed by atoms with van der Waals surface area (Å²) >= 11 is 5.84. The minimum atomic E-state index is 1.12. The van der Waals surface area contributed by atoms with Crippen molar-refractivity contribution in [3.05, 3.63) is 17.0 Å². The summed E-state index contributed by atoms with van der Waals surface area (Å²) in [5.41, 5.74) is 1.27. The maximum atomic E-state index is 4.17. The molecule has 2 heteroatoms. The lowest BCUT2D eigenvalue weighted by atomic mass is 10.4. The zero-order valence-electron chi connectivity index (χ0n) is 6.01. The van der Waals surface area contributed by atoms with Crippen molar-refractivity contribution in [1.29, 1.82) is 0 Å². The predicted molar refractivity (Wildman–Crippen MR) is 47.7 cm³/mol. The van der Waals surface area contributed by atoms with Gasteiger partial charge in [-0.15, -0.1) is 24.0 Å². The molecular formula is C7H12S2. The minimum Gasteiger partial charge on any atom is -0.137 e. The molecule has 0 amide bonds. The summed E-state index contributed by atoms with van der Waals surface area (Å²) in [4.78, 5) is 0. The molecule has 0 atom stereocenters. The van der Waals surface area contributed by atoms with Gasteiger partial charge in [-0.2, -0.15) is 0 Å². The Morgan fingerprint density at radius 2 is 2.00 bits per heavy atom. The van der Waals surface area contributed by atoms with E-state index in [1.807, 2.05) is 19.2 Å². The normalized spacial score (nSPS) is 8.00. The summed E-state index contributed by atoms with van der Waals surface area (Å²) in [7, 11) is 0. The molecule has 0 unspecified atom stereocenters. The summed E-state index contributed by atoms with van der Waals surface area (Å²) in [5.74, 6) is 0. The highest BCUT2D eigenvalue weighted by molar-refractivity contribution is 7.82. The molecule has 0 saturated heterocycles. The Balaban J connectivity index is 0.000000291. The number of thiophene rings is 1. The van der Waals surface area contributed by atoms with E-state index < -0.39 is 0 Å². The molecule has 0 radical (unpaired) electrons. The third-order valence-corrected chi connectivity index (χ3v) is 2.32. The van der Waals surface area contributed by atoms with Gasteiger partial charge in [-0.25, -0.2) is 0 Å². The van der Waals surface area contributed by atoms with Crippen LogP contribution in [0.15, 0.2) is 15.7 Å². The van der Waals surface area contributed by atoms with Gasteiger partial charge in [0.2, 0.25) is 0 Å². The SMILES string of the molecule is CC.Cc1ccsc1S. The maximum absolute atomic E-state index is 4.17. The van der Waals surface area contributed by atoms with Crippen molar-refractivity contribution < 1.29 is 0 Å². The molecule has 1 aromatic heterocycles. The molecule has 9 heavy (non-hydrogen) atoms. The first kappa shape index (κ1) is 9.05. The van der Waals surface area contributed by atoms with Gasteiger partial charge in [0.05, 0.1) is 4.21 Å². The highest BCUT2D eigenvalue weighted by atomic mass is 32.2. The molecule has 0 fully saturated rings. The highest BCUT2D eigenvalue weighted by Gasteiger charge is 1.88. The van der Waals surface area contributed by atoms with E-state index in [1.54, 1.807) is 11.3 Å². The number of thiol groups is 1. The Kier molecular flexibility index (Phi) is 4.91. The predicted octanol–water partition coefficient (Wildman–Crippen LogP) is 3.37. The highest BCUT2D eigenvalue weighted by Crippen LogP contribution is 2.18. The van der Waals surface area contributed by atoms with Crippen molar-refractivity contribution >= 4 is 24.0 Å². The van der Waals surface area contributed by atoms with Crippen molar-refractivity contribution in [3.8, 4) is 0 Å². The molecule has 52 valence electrons. The molecule has 0 N–H and O–H groups in total. The van der Waals surface area contributed by atoms with Gasteiger partial charge in [-0.05, 0) is 23.9 Å². The molecule has 0 bridgehead atoms. The van der Waals surface area contributed by atoms with Crippen LogP contribution >= 0.6 is 24.0 Å². The van der Waals surface area contributed by atoms with Crippen LogP contribution in [-0.2, 0) is 0 Å². The lowest BCUT2D eigenvalue weighted by Crippen LogP contribution is -1.56. The fraction of sp³-hybridized carbons (Fsp3) is 0.429. The molecule has 0 aromatic carbocycles. The standard InChI is InChI=1S/C5H6S2.C2H6/c1-4-2-3-7-5(4)6;1-2/h2-3,6H,1H3;1-2H3. The smallest absolute Gasteiger partial charge is 0.0597 e. The lowest BCUT2D eigenvalue weighted by Gasteiger charge is -1.78. The summed E-state index contributed by atoms with van der Waals surface area (Å²) in [6.45, 7) is 6.05. The van der Waals surface area contributed by atoms with Gasteiger partial charge >= 0.3 is 0 Å². The summed E-state index contributed by atoms with van der Waals surface area (Å²) < 4.78 is 1.12. The number of hydrogen-bond acceptors (Lipinski definition) is 2. The van der Waals surface area contributed by atoms with Crippen LogP contribution in [0.1, 0.15) is 19.4 Å². The zero-order chi connectivity index (χ0) is 7.28. The zero-order valence-corrected chi connectivity index (χ0v) is 7.72. The fourth-order valence-corrected chi connectivity index (χ4v) is 1.28. The molecule has 0 nitrogen and oxygen atoms in total. The van der Waals surface area contributed by atoms with Crippen LogP contribution in [0.3, 0.4) is 0 Å². The second-order valence-corrected chi connectivity index (χ2v) is 3.07. The molecule has 0 aliphatic carbocycles. The summed E-state index contributed by atoms with van der Waals surface area (Å²) in [6.07, 6.45) is 0. The van der Waals surface area contributed by atoms with Gasteiger partial charge in [-0.1, -0.05) is 13.8 Å². The van der Waals surface area contributed by atoms with Crippen LogP contribution in [0, 0.1) is 6.92 Å². The molecule has 1 aromatic rings. The Labute approximate surface area is 66.3 Å². The van der Waals surface area contributed by atoms with Crippen molar-refractivity contribution in [3.63, 3.8) is 0 Å². The van der Waals surface area contributed by atoms with E-state index >= 15 is 0 Å². The Hall–Kier alpha value is 0.0500. The van der Waals surface area contributed by atoms with Crippen LogP contribution in [-0.4, -0.2) is 0 Å². The summed E-state index contributed by atoms with van der Waals surface area (Å²) in [5, 5.41) is 2.04. The van der Waals surface area contributed by atoms with E-state index in [1.165, 1.54) is 5.56 Å². The van der Waals surface area contributed by atoms with Crippen molar-refractivity contribution in [2.45, 2.75) is 25.0 Å². The second kappa shape index (κ2) is 4.89. The van der Waals surface area contributed by atoms with Crippen LogP contribution < -0.4 is 0 Å². The molecule has 0 aliphatic rings. The van der Waals surface area contributed by atoms with Crippen molar-refractivity contribution in [2.24, 2.45) is 0 Å². The van der Waals surface area contributed by atoms with E-state index in [0.717, 1.165) is 4.21 Å². The van der Waals surface area contributed by atoms with Gasteiger partial charge in [0.15, 0.2) is 0 Å². The molecular weight excluding hydrogens is 148 g/mol. The largest absolute Gasteiger partial charge is 0.137 e. The first-order valence-electron chi connectivity index (χ1n) is 3.04. The molecule has 1 rings (SSSR count). The van der Waals surface area contributed by atoms with E-state index in [9.17, 15) is 0 Å². The Morgan fingerprint density at radius 1 is 1.44 bits per heavy atom. The second-order valence-electron chi connectivity index (χ2n) is 1.41. The molecule has 1 heterocycles. The number of hydrogen-bond donors (Lipinski definition) is 1. The van der Waals surface area contributed by atoms with Gasteiger partial charge in [0, 0.05) is 0 Å². The van der Waals surface area contributed by atoms with Crippen molar-refractivity contribution in [1.82, 2.24) is 0 Å². The number of aryl methyl sites for hydroxylation is 1. The van der Waals surface area contributed by atoms with E-state index in [0.29, 0.717) is 0 Å². The lowest BCUT2D eigenvalue weighted by molar-refractivity contribution is 1.44. The van der Waals surface area contributed by atoms with Crippen LogP contribution in [0.2, 0.25) is 0 Å². The van der Waals surface area contributed by atoms with E-state index in [-0.39, 0.29) is 0 Å². The monoisotopic (exact) mass is 160 g/mol. The fourth-order valence-electron chi connectivity index (χ4n) is 0.365. The van der Waals surface area contributed by atoms with Crippen molar-refractivity contribution in [2.75, 3.05) is 0 Å². The third-order valence-electron chi connectivity index (χ3n) is 0.835. The first-order valence-corrected chi connectivity index (χ1v) is 4.36. The third kappa shape index (κ3) is 2.92. The van der Waals surface area contributed by atoms with Crippen LogP contribution in [0.4, 0.5) is 0 Å². The van der Waals surface area contributed by atoms with Gasteiger partial charge in [0.25, 0.3) is 0 Å². The van der Waals surface area contributed by atoms with Gasteiger partial charge < -0.3 is 0 Å². The van der Waals surface area contributed by atoms with Crippen LogP contribution in [0.25, 0.3) is 0 Å². The van der Waals surface area contributed by atoms with E-state index in [4.69, 9.17) is 0 Å². The van der Waals surface area contributed by atoms with Gasteiger partial charge in [0.1, 0.15) is 0 Å². The Morgan fingerprint density at radius 3 is 2.11 bits per heavy atom. The number of rotatable bonds is 0. The van der Waals surface area contributed by atoms with E-state index in [2.05, 4.69) is 25.6 Å². The topological polar surface area (TPSA) is 0 Å². The average molecular weight is 160 g/mol. The minimum absolute atomic E-state index is 1.12. The molecule has 0 spiro atoms. The van der Waals surface area contributed by atoms with Gasteiger partial charge in [-0.3, -0.25) is 0 Å². The quantitative estimate of drug-likeness (QED) is 0.553. The Bertz CT molecular complexity index is 139. The summed E-state index contributed by atoms with van der Waals surface area (Å²) in [6, 6.07) is 2.06. The molecule has 0 saturated carbocycles. The van der Waals surface area contributed by atoms with Crippen LogP contribution in [0.5, 0.6) is 0 Å². The molecule has 0 aliphatic heterocycles.